The minimum absolute atomic E-state index is 0.271. The molecule has 0 saturated carbocycles. The molecule has 1 N–H and O–H groups in total. The van der Waals surface area contributed by atoms with Crippen LogP contribution in [0.3, 0.4) is 0 Å². The molecular formula is C18H19FN4O. The number of benzene rings is 1. The van der Waals surface area contributed by atoms with Crippen LogP contribution in [0.2, 0.25) is 0 Å². The van der Waals surface area contributed by atoms with E-state index in [1.807, 2.05) is 35.7 Å². The van der Waals surface area contributed by atoms with Gasteiger partial charge in [0.25, 0.3) is 0 Å². The van der Waals surface area contributed by atoms with Crippen molar-refractivity contribution in [3.05, 3.63) is 65.9 Å². The number of halogens is 1. The number of hydrogen-bond donors (Lipinski definition) is 1. The van der Waals surface area contributed by atoms with Crippen molar-refractivity contribution in [3.8, 4) is 0 Å². The second-order valence-corrected chi connectivity index (χ2v) is 6.29. The molecule has 1 atom stereocenters. The van der Waals surface area contributed by atoms with Crippen molar-refractivity contribution in [2.75, 3.05) is 0 Å². The summed E-state index contributed by atoms with van der Waals surface area (Å²) in [6.07, 6.45) is 1.84. The predicted octanol–water partition coefficient (Wildman–Crippen LogP) is 3.02. The van der Waals surface area contributed by atoms with Gasteiger partial charge in [0.1, 0.15) is 5.82 Å². The fraction of sp³-hybridized carbons (Fsp3) is 0.278. The maximum atomic E-state index is 14.1. The molecular weight excluding hydrogens is 307 g/mol. The first-order valence-corrected chi connectivity index (χ1v) is 7.77. The van der Waals surface area contributed by atoms with Crippen molar-refractivity contribution in [2.45, 2.75) is 32.2 Å². The molecule has 0 aliphatic carbocycles. The predicted molar refractivity (Wildman–Crippen MR) is 89.0 cm³/mol. The molecule has 2 aromatic heterocycles. The highest BCUT2D eigenvalue weighted by molar-refractivity contribution is 5.87. The molecule has 5 nitrogen and oxygen atoms in total. The second-order valence-electron chi connectivity index (χ2n) is 6.29. The molecule has 2 heterocycles. The molecule has 0 aliphatic rings. The molecule has 0 fully saturated rings. The van der Waals surface area contributed by atoms with Gasteiger partial charge in [0, 0.05) is 11.8 Å². The van der Waals surface area contributed by atoms with E-state index in [9.17, 15) is 9.18 Å². The lowest BCUT2D eigenvalue weighted by Crippen LogP contribution is -2.42. The Labute approximate surface area is 139 Å². The number of fused-ring (bicyclic) bond motifs is 1. The Balaban J connectivity index is 1.85. The summed E-state index contributed by atoms with van der Waals surface area (Å²) in [6, 6.07) is 11.6. The first-order valence-electron chi connectivity index (χ1n) is 7.77. The first kappa shape index (κ1) is 16.1. The van der Waals surface area contributed by atoms with Crippen LogP contribution >= 0.6 is 0 Å². The fourth-order valence-corrected chi connectivity index (χ4v) is 2.69. The zero-order chi connectivity index (χ0) is 17.3. The van der Waals surface area contributed by atoms with Gasteiger partial charge < -0.3 is 5.32 Å². The zero-order valence-electron chi connectivity index (χ0n) is 13.8. The van der Waals surface area contributed by atoms with Crippen molar-refractivity contribution in [1.29, 1.82) is 0 Å². The number of carbonyl (C=O) groups is 1. The standard InChI is InChI=1S/C18H19FN4O/c1-12(16-22-21-15-10-6-7-11-23(15)16)20-17(24)18(2,3)13-8-4-5-9-14(13)19/h4-12H,1-3H3,(H,20,24)/t12-/m0/s1. The Morgan fingerprint density at radius 2 is 1.88 bits per heavy atom. The maximum Gasteiger partial charge on any atom is 0.230 e. The minimum atomic E-state index is -1.000. The van der Waals surface area contributed by atoms with Crippen LogP contribution in [0.4, 0.5) is 4.39 Å². The van der Waals surface area contributed by atoms with Crippen molar-refractivity contribution < 1.29 is 9.18 Å². The summed E-state index contributed by atoms with van der Waals surface area (Å²) in [5, 5.41) is 11.1. The molecule has 6 heteroatoms. The number of nitrogens with one attached hydrogen (secondary N) is 1. The van der Waals surface area contributed by atoms with Crippen molar-refractivity contribution in [3.63, 3.8) is 0 Å². The lowest BCUT2D eigenvalue weighted by atomic mass is 9.83. The van der Waals surface area contributed by atoms with Gasteiger partial charge in [-0.3, -0.25) is 9.20 Å². The summed E-state index contributed by atoms with van der Waals surface area (Å²) in [7, 11) is 0. The fourth-order valence-electron chi connectivity index (χ4n) is 2.69. The number of carbonyl (C=O) groups excluding carboxylic acids is 1. The summed E-state index contributed by atoms with van der Waals surface area (Å²) in [4.78, 5) is 12.7. The number of amides is 1. The molecule has 0 aliphatic heterocycles. The highest BCUT2D eigenvalue weighted by Gasteiger charge is 2.33. The number of pyridine rings is 1. The monoisotopic (exact) mass is 326 g/mol. The Morgan fingerprint density at radius 3 is 2.62 bits per heavy atom. The van der Waals surface area contributed by atoms with Gasteiger partial charge in [-0.05, 0) is 39.0 Å². The van der Waals surface area contributed by atoms with E-state index < -0.39 is 11.2 Å². The normalized spacial score (nSPS) is 13.0. The number of nitrogens with zero attached hydrogens (tertiary/aromatic N) is 3. The highest BCUT2D eigenvalue weighted by Crippen LogP contribution is 2.27. The van der Waals surface area contributed by atoms with Crippen molar-refractivity contribution in [2.24, 2.45) is 0 Å². The van der Waals surface area contributed by atoms with E-state index in [0.29, 0.717) is 17.0 Å². The van der Waals surface area contributed by atoms with Gasteiger partial charge >= 0.3 is 0 Å². The van der Waals surface area contributed by atoms with Crippen LogP contribution in [-0.2, 0) is 10.2 Å². The van der Waals surface area contributed by atoms with Crippen molar-refractivity contribution in [1.82, 2.24) is 19.9 Å². The molecule has 0 saturated heterocycles. The summed E-state index contributed by atoms with van der Waals surface area (Å²) < 4.78 is 15.9. The molecule has 124 valence electrons. The Kier molecular flexibility index (Phi) is 4.05. The molecule has 0 spiro atoms. The van der Waals surface area contributed by atoms with E-state index in [1.165, 1.54) is 6.07 Å². The van der Waals surface area contributed by atoms with Crippen LogP contribution in [0.1, 0.15) is 38.2 Å². The van der Waals surface area contributed by atoms with E-state index in [0.717, 1.165) is 0 Å². The first-order chi connectivity index (χ1) is 11.4. The van der Waals surface area contributed by atoms with Gasteiger partial charge in [-0.2, -0.15) is 0 Å². The van der Waals surface area contributed by atoms with Gasteiger partial charge in [-0.1, -0.05) is 24.3 Å². The topological polar surface area (TPSA) is 59.3 Å². The lowest BCUT2D eigenvalue weighted by molar-refractivity contribution is -0.126. The second kappa shape index (κ2) is 6.03. The van der Waals surface area contributed by atoms with Gasteiger partial charge in [-0.25, -0.2) is 4.39 Å². The van der Waals surface area contributed by atoms with Crippen LogP contribution in [0.5, 0.6) is 0 Å². The van der Waals surface area contributed by atoms with Crippen LogP contribution in [0, 0.1) is 5.82 Å². The lowest BCUT2D eigenvalue weighted by Gasteiger charge is -2.26. The van der Waals surface area contributed by atoms with Crippen LogP contribution in [-0.4, -0.2) is 20.5 Å². The Hall–Kier alpha value is -2.76. The summed E-state index contributed by atoms with van der Waals surface area (Å²) in [6.45, 7) is 5.24. The molecule has 0 unspecified atom stereocenters. The van der Waals surface area contributed by atoms with Gasteiger partial charge in [0.2, 0.25) is 5.91 Å². The molecule has 1 aromatic carbocycles. The van der Waals surface area contributed by atoms with Crippen molar-refractivity contribution >= 4 is 11.6 Å². The smallest absolute Gasteiger partial charge is 0.230 e. The highest BCUT2D eigenvalue weighted by atomic mass is 19.1. The third-order valence-electron chi connectivity index (χ3n) is 4.19. The molecule has 24 heavy (non-hydrogen) atoms. The third kappa shape index (κ3) is 2.75. The SMILES string of the molecule is C[C@H](NC(=O)C(C)(C)c1ccccc1F)c1nnc2ccccn12. The summed E-state index contributed by atoms with van der Waals surface area (Å²) >= 11 is 0. The zero-order valence-corrected chi connectivity index (χ0v) is 13.8. The van der Waals surface area contributed by atoms with E-state index in [4.69, 9.17) is 0 Å². The van der Waals surface area contributed by atoms with Crippen LogP contribution in [0.25, 0.3) is 5.65 Å². The van der Waals surface area contributed by atoms with Crippen LogP contribution in [0.15, 0.2) is 48.7 Å². The number of hydrogen-bond acceptors (Lipinski definition) is 3. The molecule has 3 rings (SSSR count). The molecule has 1 amide bonds. The Morgan fingerprint density at radius 1 is 1.17 bits per heavy atom. The Bertz CT molecular complexity index is 887. The van der Waals surface area contributed by atoms with E-state index >= 15 is 0 Å². The largest absolute Gasteiger partial charge is 0.346 e. The molecule has 0 radical (unpaired) electrons. The van der Waals surface area contributed by atoms with Crippen LogP contribution < -0.4 is 5.32 Å². The summed E-state index contributed by atoms with van der Waals surface area (Å²) in [5.41, 5.74) is 0.0721. The number of aromatic nitrogens is 3. The average Bonchev–Trinajstić information content (AvgIpc) is 2.99. The quantitative estimate of drug-likeness (QED) is 0.802. The summed E-state index contributed by atoms with van der Waals surface area (Å²) in [5.74, 6) is -0.0331. The van der Waals surface area contributed by atoms with Gasteiger partial charge in [-0.15, -0.1) is 10.2 Å². The van der Waals surface area contributed by atoms with E-state index in [1.54, 1.807) is 32.0 Å². The van der Waals surface area contributed by atoms with E-state index in [-0.39, 0.29) is 11.9 Å². The van der Waals surface area contributed by atoms with Gasteiger partial charge in [0.15, 0.2) is 11.5 Å². The van der Waals surface area contributed by atoms with Gasteiger partial charge in [0.05, 0.1) is 11.5 Å². The molecule has 0 bridgehead atoms. The maximum absolute atomic E-state index is 14.1. The third-order valence-corrected chi connectivity index (χ3v) is 4.19. The van der Waals surface area contributed by atoms with E-state index in [2.05, 4.69) is 15.5 Å². The molecule has 3 aromatic rings. The number of rotatable bonds is 4. The minimum Gasteiger partial charge on any atom is -0.346 e. The average molecular weight is 326 g/mol.